The average Bonchev–Trinajstić information content (AvgIpc) is 2.69. The molecule has 2 rings (SSSR count). The number of rotatable bonds is 4. The number of benzene rings is 1. The Morgan fingerprint density at radius 2 is 1.88 bits per heavy atom. The zero-order chi connectivity index (χ0) is 12.3. The second-order valence-corrected chi connectivity index (χ2v) is 4.36. The van der Waals surface area contributed by atoms with Crippen molar-refractivity contribution in [2.75, 3.05) is 11.9 Å². The highest BCUT2D eigenvalue weighted by molar-refractivity contribution is 5.56. The quantitative estimate of drug-likeness (QED) is 0.873. The van der Waals surface area contributed by atoms with Crippen molar-refractivity contribution >= 4 is 5.69 Å². The molecule has 0 saturated carbocycles. The molecule has 1 heterocycles. The second kappa shape index (κ2) is 5.04. The highest BCUT2D eigenvalue weighted by Crippen LogP contribution is 2.18. The van der Waals surface area contributed by atoms with Crippen molar-refractivity contribution in [2.24, 2.45) is 0 Å². The molecule has 0 atom stereocenters. The third-order valence-electron chi connectivity index (χ3n) is 3.06. The van der Waals surface area contributed by atoms with Crippen molar-refractivity contribution in [1.82, 2.24) is 9.55 Å². The van der Waals surface area contributed by atoms with E-state index >= 15 is 0 Å². The molecule has 0 spiro atoms. The van der Waals surface area contributed by atoms with E-state index in [0.717, 1.165) is 18.9 Å². The first kappa shape index (κ1) is 11.7. The summed E-state index contributed by atoms with van der Waals surface area (Å²) in [5.74, 6) is 1.06. The number of para-hydroxylation sites is 1. The highest BCUT2D eigenvalue weighted by Gasteiger charge is 2.01. The van der Waals surface area contributed by atoms with Gasteiger partial charge in [0.25, 0.3) is 0 Å². The van der Waals surface area contributed by atoms with Crippen LogP contribution < -0.4 is 5.32 Å². The minimum Gasteiger partial charge on any atom is -0.383 e. The fourth-order valence-electron chi connectivity index (χ4n) is 2.03. The molecule has 3 heteroatoms. The molecule has 0 saturated heterocycles. The number of anilines is 1. The molecule has 1 N–H and O–H groups in total. The Morgan fingerprint density at radius 3 is 2.47 bits per heavy atom. The number of hydrogen-bond acceptors (Lipinski definition) is 2. The SMILES string of the molecule is Cc1cccc(C)c1NCCn1ccnc1C. The lowest BCUT2D eigenvalue weighted by Gasteiger charge is -2.13. The first-order chi connectivity index (χ1) is 8.18. The van der Waals surface area contributed by atoms with Gasteiger partial charge in [0.15, 0.2) is 0 Å². The van der Waals surface area contributed by atoms with Gasteiger partial charge in [-0.05, 0) is 31.9 Å². The molecule has 2 aromatic rings. The van der Waals surface area contributed by atoms with Gasteiger partial charge in [-0.25, -0.2) is 4.98 Å². The Kier molecular flexibility index (Phi) is 3.47. The summed E-state index contributed by atoms with van der Waals surface area (Å²) in [5, 5.41) is 3.50. The molecular weight excluding hydrogens is 210 g/mol. The number of hydrogen-bond donors (Lipinski definition) is 1. The Morgan fingerprint density at radius 1 is 1.18 bits per heavy atom. The third kappa shape index (κ3) is 2.67. The molecule has 0 aliphatic carbocycles. The van der Waals surface area contributed by atoms with Crippen LogP contribution in [0.5, 0.6) is 0 Å². The summed E-state index contributed by atoms with van der Waals surface area (Å²) >= 11 is 0. The van der Waals surface area contributed by atoms with Crippen LogP contribution in [0.1, 0.15) is 17.0 Å². The van der Waals surface area contributed by atoms with Crippen molar-refractivity contribution in [2.45, 2.75) is 27.3 Å². The van der Waals surface area contributed by atoms with Gasteiger partial charge in [0, 0.05) is 31.2 Å². The van der Waals surface area contributed by atoms with Gasteiger partial charge in [0.2, 0.25) is 0 Å². The summed E-state index contributed by atoms with van der Waals surface area (Å²) in [5.41, 5.74) is 3.85. The minimum absolute atomic E-state index is 0.920. The van der Waals surface area contributed by atoms with E-state index in [-0.39, 0.29) is 0 Å². The van der Waals surface area contributed by atoms with Crippen molar-refractivity contribution in [3.8, 4) is 0 Å². The molecule has 0 unspecified atom stereocenters. The molecule has 0 fully saturated rings. The van der Waals surface area contributed by atoms with Crippen LogP contribution in [0.2, 0.25) is 0 Å². The van der Waals surface area contributed by atoms with E-state index in [4.69, 9.17) is 0 Å². The number of aryl methyl sites for hydroxylation is 3. The zero-order valence-electron chi connectivity index (χ0n) is 10.7. The molecule has 0 aliphatic rings. The van der Waals surface area contributed by atoms with E-state index < -0.39 is 0 Å². The maximum absolute atomic E-state index is 4.21. The molecule has 0 amide bonds. The Balaban J connectivity index is 1.97. The lowest BCUT2D eigenvalue weighted by molar-refractivity contribution is 0.700. The first-order valence-corrected chi connectivity index (χ1v) is 5.96. The van der Waals surface area contributed by atoms with Crippen molar-refractivity contribution in [3.05, 3.63) is 47.5 Å². The lowest BCUT2D eigenvalue weighted by Crippen LogP contribution is -2.12. The molecule has 1 aromatic carbocycles. The summed E-state index contributed by atoms with van der Waals surface area (Å²) < 4.78 is 2.15. The van der Waals surface area contributed by atoms with Crippen molar-refractivity contribution in [3.63, 3.8) is 0 Å². The Labute approximate surface area is 103 Å². The summed E-state index contributed by atoms with van der Waals surface area (Å²) in [6.07, 6.45) is 3.86. The maximum Gasteiger partial charge on any atom is 0.105 e. The molecule has 0 bridgehead atoms. The molecule has 0 aliphatic heterocycles. The third-order valence-corrected chi connectivity index (χ3v) is 3.06. The Hall–Kier alpha value is -1.77. The van der Waals surface area contributed by atoms with Gasteiger partial charge in [0.05, 0.1) is 0 Å². The monoisotopic (exact) mass is 229 g/mol. The van der Waals surface area contributed by atoms with E-state index in [9.17, 15) is 0 Å². The molecular formula is C14H19N3. The van der Waals surface area contributed by atoms with E-state index in [0.29, 0.717) is 0 Å². The molecule has 0 radical (unpaired) electrons. The van der Waals surface area contributed by atoms with Crippen LogP contribution in [0.15, 0.2) is 30.6 Å². The number of nitrogens with one attached hydrogen (secondary N) is 1. The van der Waals surface area contributed by atoms with Gasteiger partial charge < -0.3 is 9.88 Å². The second-order valence-electron chi connectivity index (χ2n) is 4.36. The van der Waals surface area contributed by atoms with Gasteiger partial charge in [-0.3, -0.25) is 0 Å². The summed E-state index contributed by atoms with van der Waals surface area (Å²) in [4.78, 5) is 4.21. The van der Waals surface area contributed by atoms with Crippen LogP contribution in [0, 0.1) is 20.8 Å². The van der Waals surface area contributed by atoms with Crippen LogP contribution in [-0.2, 0) is 6.54 Å². The fourth-order valence-corrected chi connectivity index (χ4v) is 2.03. The van der Waals surface area contributed by atoms with Crippen molar-refractivity contribution < 1.29 is 0 Å². The molecule has 90 valence electrons. The number of nitrogens with zero attached hydrogens (tertiary/aromatic N) is 2. The fraction of sp³-hybridized carbons (Fsp3) is 0.357. The summed E-state index contributed by atoms with van der Waals surface area (Å²) in [6, 6.07) is 6.37. The lowest BCUT2D eigenvalue weighted by atomic mass is 10.1. The smallest absolute Gasteiger partial charge is 0.105 e. The van der Waals surface area contributed by atoms with Gasteiger partial charge in [-0.15, -0.1) is 0 Å². The molecule has 1 aromatic heterocycles. The standard InChI is InChI=1S/C14H19N3/c1-11-5-4-6-12(2)14(11)16-8-10-17-9-7-15-13(17)3/h4-7,9,16H,8,10H2,1-3H3. The van der Waals surface area contributed by atoms with Gasteiger partial charge >= 0.3 is 0 Å². The topological polar surface area (TPSA) is 29.9 Å². The summed E-state index contributed by atoms with van der Waals surface area (Å²) in [7, 11) is 0. The number of aromatic nitrogens is 2. The number of imidazole rings is 1. The van der Waals surface area contributed by atoms with Crippen molar-refractivity contribution in [1.29, 1.82) is 0 Å². The predicted molar refractivity (Wildman–Crippen MR) is 71.4 cm³/mol. The van der Waals surface area contributed by atoms with E-state index in [2.05, 4.69) is 46.9 Å². The normalized spacial score (nSPS) is 10.5. The van der Waals surface area contributed by atoms with Crippen LogP contribution >= 0.6 is 0 Å². The van der Waals surface area contributed by atoms with E-state index in [1.807, 2.05) is 19.3 Å². The minimum atomic E-state index is 0.920. The van der Waals surface area contributed by atoms with Crippen LogP contribution in [0.3, 0.4) is 0 Å². The van der Waals surface area contributed by atoms with Crippen LogP contribution in [0.4, 0.5) is 5.69 Å². The van der Waals surface area contributed by atoms with Crippen LogP contribution in [-0.4, -0.2) is 16.1 Å². The highest BCUT2D eigenvalue weighted by atomic mass is 15.1. The average molecular weight is 229 g/mol. The van der Waals surface area contributed by atoms with Gasteiger partial charge in [-0.1, -0.05) is 18.2 Å². The van der Waals surface area contributed by atoms with Gasteiger partial charge in [0.1, 0.15) is 5.82 Å². The summed E-state index contributed by atoms with van der Waals surface area (Å²) in [6.45, 7) is 8.16. The van der Waals surface area contributed by atoms with Gasteiger partial charge in [-0.2, -0.15) is 0 Å². The first-order valence-electron chi connectivity index (χ1n) is 5.96. The largest absolute Gasteiger partial charge is 0.383 e. The molecule has 17 heavy (non-hydrogen) atoms. The van der Waals surface area contributed by atoms with E-state index in [1.54, 1.807) is 0 Å². The maximum atomic E-state index is 4.21. The van der Waals surface area contributed by atoms with Crippen LogP contribution in [0.25, 0.3) is 0 Å². The Bertz CT molecular complexity index is 480. The van der Waals surface area contributed by atoms with E-state index in [1.165, 1.54) is 16.8 Å². The molecule has 3 nitrogen and oxygen atoms in total. The zero-order valence-corrected chi connectivity index (χ0v) is 10.7. The predicted octanol–water partition coefficient (Wildman–Crippen LogP) is 2.92.